The molecule has 0 bridgehead atoms. The third kappa shape index (κ3) is 1.77. The molecular weight excluding hydrogens is 233 g/mol. The Hall–Kier alpha value is -2.17. The Bertz CT molecular complexity index is 576. The molecule has 18 heavy (non-hydrogen) atoms. The maximum absolute atomic E-state index is 13.7. The normalized spacial score (nSPS) is 16.3. The van der Waals surface area contributed by atoms with E-state index >= 15 is 0 Å². The van der Waals surface area contributed by atoms with Crippen LogP contribution in [0.4, 0.5) is 9.18 Å². The second kappa shape index (κ2) is 3.94. The molecule has 1 fully saturated rings. The summed E-state index contributed by atoms with van der Waals surface area (Å²) in [5.74, 6) is -0.282. The summed E-state index contributed by atoms with van der Waals surface area (Å²) in [7, 11) is 0. The largest absolute Gasteiger partial charge is 0.342 e. The van der Waals surface area contributed by atoms with Gasteiger partial charge in [0.05, 0.1) is 5.54 Å². The number of halogens is 1. The van der Waals surface area contributed by atoms with Crippen LogP contribution in [0.1, 0.15) is 18.4 Å². The van der Waals surface area contributed by atoms with Crippen LogP contribution in [0, 0.1) is 5.82 Å². The minimum atomic E-state index is -0.561. The topological polar surface area (TPSA) is 46.9 Å². The van der Waals surface area contributed by atoms with Gasteiger partial charge in [0.15, 0.2) is 0 Å². The Morgan fingerprint density at radius 1 is 1.33 bits per heavy atom. The smallest absolute Gasteiger partial charge is 0.327 e. The number of aromatic nitrogens is 2. The van der Waals surface area contributed by atoms with Crippen molar-refractivity contribution in [3.8, 4) is 0 Å². The number of nitrogens with one attached hydrogen (secondary N) is 1. The van der Waals surface area contributed by atoms with Crippen molar-refractivity contribution in [3.05, 3.63) is 54.1 Å². The van der Waals surface area contributed by atoms with Gasteiger partial charge >= 0.3 is 6.03 Å². The Kier molecular flexibility index (Phi) is 2.40. The van der Waals surface area contributed by atoms with Crippen LogP contribution in [-0.2, 0) is 5.54 Å². The SMILES string of the molecule is O=C(NC1(c2ccccc2F)CC1)n1cccn1. The summed E-state index contributed by atoms with van der Waals surface area (Å²) in [6, 6.07) is 7.88. The fraction of sp³-hybridized carbons (Fsp3) is 0.231. The predicted octanol–water partition coefficient (Wildman–Crippen LogP) is 2.27. The van der Waals surface area contributed by atoms with Crippen LogP contribution >= 0.6 is 0 Å². The summed E-state index contributed by atoms with van der Waals surface area (Å²) in [5.41, 5.74) is -0.0144. The Balaban J connectivity index is 1.85. The van der Waals surface area contributed by atoms with E-state index in [1.54, 1.807) is 30.5 Å². The van der Waals surface area contributed by atoms with Gasteiger partial charge in [0, 0.05) is 18.0 Å². The number of benzene rings is 1. The summed E-state index contributed by atoms with van der Waals surface area (Å²) in [4.78, 5) is 11.9. The molecule has 5 heteroatoms. The van der Waals surface area contributed by atoms with Gasteiger partial charge in [0.2, 0.25) is 0 Å². The van der Waals surface area contributed by atoms with Crippen molar-refractivity contribution >= 4 is 6.03 Å². The maximum Gasteiger partial charge on any atom is 0.342 e. The third-order valence-electron chi connectivity index (χ3n) is 3.20. The quantitative estimate of drug-likeness (QED) is 0.882. The molecule has 1 aromatic heterocycles. The molecule has 0 unspecified atom stereocenters. The second-order valence-corrected chi connectivity index (χ2v) is 4.44. The van der Waals surface area contributed by atoms with Crippen molar-refractivity contribution < 1.29 is 9.18 Å². The zero-order chi connectivity index (χ0) is 12.6. The van der Waals surface area contributed by atoms with E-state index in [1.807, 2.05) is 0 Å². The fourth-order valence-corrected chi connectivity index (χ4v) is 2.09. The predicted molar refractivity (Wildman–Crippen MR) is 63.5 cm³/mol. The summed E-state index contributed by atoms with van der Waals surface area (Å²) >= 11 is 0. The molecule has 1 aliphatic rings. The van der Waals surface area contributed by atoms with Gasteiger partial charge in [-0.3, -0.25) is 0 Å². The number of amides is 1. The van der Waals surface area contributed by atoms with E-state index in [1.165, 1.54) is 16.9 Å². The highest BCUT2D eigenvalue weighted by Crippen LogP contribution is 2.46. The van der Waals surface area contributed by atoms with Gasteiger partial charge in [-0.25, -0.2) is 9.18 Å². The Morgan fingerprint density at radius 2 is 2.11 bits per heavy atom. The van der Waals surface area contributed by atoms with E-state index < -0.39 is 5.54 Å². The zero-order valence-corrected chi connectivity index (χ0v) is 9.64. The lowest BCUT2D eigenvalue weighted by Crippen LogP contribution is -2.38. The van der Waals surface area contributed by atoms with Crippen LogP contribution in [0.2, 0.25) is 0 Å². The average Bonchev–Trinajstić information content (AvgIpc) is 2.94. The van der Waals surface area contributed by atoms with Crippen LogP contribution in [-0.4, -0.2) is 15.8 Å². The van der Waals surface area contributed by atoms with Gasteiger partial charge in [0.25, 0.3) is 0 Å². The van der Waals surface area contributed by atoms with E-state index in [9.17, 15) is 9.18 Å². The van der Waals surface area contributed by atoms with Gasteiger partial charge in [-0.15, -0.1) is 0 Å². The molecule has 1 amide bonds. The van der Waals surface area contributed by atoms with Crippen LogP contribution in [0.25, 0.3) is 0 Å². The minimum Gasteiger partial charge on any atom is -0.327 e. The molecule has 0 spiro atoms. The fourth-order valence-electron chi connectivity index (χ4n) is 2.09. The molecule has 3 rings (SSSR count). The van der Waals surface area contributed by atoms with Gasteiger partial charge in [-0.2, -0.15) is 9.78 Å². The van der Waals surface area contributed by atoms with E-state index in [0.29, 0.717) is 5.56 Å². The lowest BCUT2D eigenvalue weighted by atomic mass is 10.0. The number of hydrogen-bond acceptors (Lipinski definition) is 2. The lowest BCUT2D eigenvalue weighted by molar-refractivity contribution is 0.234. The number of carbonyl (C=O) groups excluding carboxylic acids is 1. The average molecular weight is 245 g/mol. The molecule has 0 aliphatic heterocycles. The Labute approximate surface area is 103 Å². The Morgan fingerprint density at radius 3 is 2.72 bits per heavy atom. The van der Waals surface area contributed by atoms with Gasteiger partial charge in [0.1, 0.15) is 5.82 Å². The first-order valence-corrected chi connectivity index (χ1v) is 5.78. The van der Waals surface area contributed by atoms with Crippen molar-refractivity contribution in [1.29, 1.82) is 0 Å². The van der Waals surface area contributed by atoms with Crippen LogP contribution < -0.4 is 5.32 Å². The molecule has 2 aromatic rings. The third-order valence-corrected chi connectivity index (χ3v) is 3.20. The molecule has 1 aromatic carbocycles. The first-order valence-electron chi connectivity index (χ1n) is 5.78. The molecule has 1 saturated carbocycles. The second-order valence-electron chi connectivity index (χ2n) is 4.44. The van der Waals surface area contributed by atoms with Crippen molar-refractivity contribution in [2.45, 2.75) is 18.4 Å². The monoisotopic (exact) mass is 245 g/mol. The highest BCUT2D eigenvalue weighted by molar-refractivity contribution is 5.77. The van der Waals surface area contributed by atoms with Crippen molar-refractivity contribution in [1.82, 2.24) is 15.1 Å². The standard InChI is InChI=1S/C13H12FN3O/c14-11-5-2-1-4-10(11)13(6-7-13)16-12(18)17-9-3-8-15-17/h1-5,8-9H,6-7H2,(H,16,18). The van der Waals surface area contributed by atoms with Gasteiger partial charge in [-0.1, -0.05) is 18.2 Å². The van der Waals surface area contributed by atoms with Gasteiger partial charge < -0.3 is 5.32 Å². The minimum absolute atomic E-state index is 0.282. The number of nitrogens with zero attached hydrogens (tertiary/aromatic N) is 2. The molecule has 1 aliphatic carbocycles. The molecule has 4 nitrogen and oxygen atoms in total. The highest BCUT2D eigenvalue weighted by atomic mass is 19.1. The van der Waals surface area contributed by atoms with Crippen molar-refractivity contribution in [3.63, 3.8) is 0 Å². The first-order chi connectivity index (χ1) is 8.71. The number of hydrogen-bond donors (Lipinski definition) is 1. The molecular formula is C13H12FN3O. The molecule has 1 N–H and O–H groups in total. The summed E-state index contributed by atoms with van der Waals surface area (Å²) in [6.07, 6.45) is 4.59. The van der Waals surface area contributed by atoms with Crippen LogP contribution in [0.15, 0.2) is 42.7 Å². The highest BCUT2D eigenvalue weighted by Gasteiger charge is 2.47. The van der Waals surface area contributed by atoms with Crippen LogP contribution in [0.3, 0.4) is 0 Å². The molecule has 92 valence electrons. The number of rotatable bonds is 2. The van der Waals surface area contributed by atoms with E-state index in [-0.39, 0.29) is 11.8 Å². The summed E-state index contributed by atoms with van der Waals surface area (Å²) < 4.78 is 15.0. The van der Waals surface area contributed by atoms with Crippen molar-refractivity contribution in [2.24, 2.45) is 0 Å². The van der Waals surface area contributed by atoms with E-state index in [0.717, 1.165) is 12.8 Å². The number of carbonyl (C=O) groups is 1. The molecule has 0 saturated heterocycles. The van der Waals surface area contributed by atoms with E-state index in [2.05, 4.69) is 10.4 Å². The van der Waals surface area contributed by atoms with E-state index in [4.69, 9.17) is 0 Å². The molecule has 0 atom stereocenters. The van der Waals surface area contributed by atoms with Crippen LogP contribution in [0.5, 0.6) is 0 Å². The zero-order valence-electron chi connectivity index (χ0n) is 9.64. The van der Waals surface area contributed by atoms with Gasteiger partial charge in [-0.05, 0) is 25.0 Å². The lowest BCUT2D eigenvalue weighted by Gasteiger charge is -2.18. The molecule has 0 radical (unpaired) electrons. The summed E-state index contributed by atoms with van der Waals surface area (Å²) in [5, 5.41) is 6.70. The summed E-state index contributed by atoms with van der Waals surface area (Å²) in [6.45, 7) is 0. The first kappa shape index (κ1) is 11.0. The molecule has 1 heterocycles. The van der Waals surface area contributed by atoms with Crippen molar-refractivity contribution in [2.75, 3.05) is 0 Å². The maximum atomic E-state index is 13.7.